The van der Waals surface area contributed by atoms with E-state index in [2.05, 4.69) is 91.0 Å². The van der Waals surface area contributed by atoms with E-state index < -0.39 is 22.7 Å². The summed E-state index contributed by atoms with van der Waals surface area (Å²) in [5, 5.41) is 0. The molecule has 0 saturated carbocycles. The number of carbonyl (C=O) groups is 2. The van der Waals surface area contributed by atoms with Gasteiger partial charge >= 0.3 is 123 Å². The molecule has 0 saturated heterocycles. The Hall–Kier alpha value is -3.64. The molecule has 0 aliphatic heterocycles. The summed E-state index contributed by atoms with van der Waals surface area (Å²) in [6.45, 7) is 0. The first-order valence-corrected chi connectivity index (χ1v) is 17.7. The SMILES string of the molecule is O=C(CC(=O)c1ccccc1)c1ccccc1.c1cc[c]([Pb]([c]2ccccc2)[c]2ccccc2)cc1. The average molecular weight is 663 g/mol. The molecule has 0 amide bonds. The van der Waals surface area contributed by atoms with Crippen molar-refractivity contribution in [2.75, 3.05) is 0 Å². The molecule has 2 nitrogen and oxygen atoms in total. The van der Waals surface area contributed by atoms with Crippen LogP contribution in [0.15, 0.2) is 152 Å². The van der Waals surface area contributed by atoms with Gasteiger partial charge in [0.05, 0.1) is 6.42 Å². The van der Waals surface area contributed by atoms with Crippen LogP contribution in [0.25, 0.3) is 0 Å². The van der Waals surface area contributed by atoms with Gasteiger partial charge in [0, 0.05) is 11.1 Å². The van der Waals surface area contributed by atoms with Crippen molar-refractivity contribution in [2.45, 2.75) is 6.42 Å². The maximum absolute atomic E-state index is 11.8. The maximum atomic E-state index is 11.8. The van der Waals surface area contributed by atoms with Gasteiger partial charge in [-0.2, -0.15) is 0 Å². The summed E-state index contributed by atoms with van der Waals surface area (Å²) < 4.78 is 4.64. The molecule has 3 heteroatoms. The van der Waals surface area contributed by atoms with Gasteiger partial charge in [-0.25, -0.2) is 0 Å². The number of ketones is 2. The van der Waals surface area contributed by atoms with Crippen molar-refractivity contribution in [2.24, 2.45) is 0 Å². The van der Waals surface area contributed by atoms with Crippen LogP contribution in [-0.2, 0) is 0 Å². The summed E-state index contributed by atoms with van der Waals surface area (Å²) in [6.07, 6.45) is -0.0754. The third-order valence-corrected chi connectivity index (χ3v) is 16.3. The number of benzene rings is 5. The van der Waals surface area contributed by atoms with Crippen molar-refractivity contribution in [3.63, 3.8) is 0 Å². The zero-order chi connectivity index (χ0) is 25.0. The normalized spacial score (nSPS) is 10.2. The van der Waals surface area contributed by atoms with Crippen LogP contribution in [0.5, 0.6) is 0 Å². The number of Topliss-reactive ketones (excluding diaryl/α,β-unsaturated/α-hetero) is 2. The molecule has 5 aromatic rings. The molecule has 0 aliphatic rings. The molecule has 0 aliphatic carbocycles. The van der Waals surface area contributed by atoms with Gasteiger partial charge < -0.3 is 0 Å². The van der Waals surface area contributed by atoms with Crippen molar-refractivity contribution < 1.29 is 9.59 Å². The quantitative estimate of drug-likeness (QED) is 0.134. The predicted octanol–water partition coefficient (Wildman–Crippen LogP) is 5.35. The Morgan fingerprint density at radius 2 is 0.639 bits per heavy atom. The molecule has 5 aromatic carbocycles. The van der Waals surface area contributed by atoms with E-state index in [1.807, 2.05) is 12.1 Å². The van der Waals surface area contributed by atoms with Crippen molar-refractivity contribution in [3.05, 3.63) is 163 Å². The Morgan fingerprint density at radius 3 is 0.917 bits per heavy atom. The molecule has 0 atom stereocenters. The van der Waals surface area contributed by atoms with Crippen molar-refractivity contribution in [1.29, 1.82) is 0 Å². The van der Waals surface area contributed by atoms with E-state index in [1.54, 1.807) is 57.9 Å². The van der Waals surface area contributed by atoms with Gasteiger partial charge in [-0.05, 0) is 0 Å². The monoisotopic (exact) mass is 663 g/mol. The molecule has 0 heterocycles. The number of carbonyl (C=O) groups excluding carboxylic acids is 2. The molecule has 0 unspecified atom stereocenters. The first-order valence-electron chi connectivity index (χ1n) is 11.9. The van der Waals surface area contributed by atoms with Gasteiger partial charge in [0.15, 0.2) is 11.6 Å². The Morgan fingerprint density at radius 1 is 0.389 bits per heavy atom. The first-order chi connectivity index (χ1) is 17.7. The second-order valence-electron chi connectivity index (χ2n) is 8.23. The average Bonchev–Trinajstić information content (AvgIpc) is 2.96. The zero-order valence-corrected chi connectivity index (χ0v) is 23.8. The minimum absolute atomic E-state index is 0.0754. The summed E-state index contributed by atoms with van der Waals surface area (Å²) in [5.41, 5.74) is 1.16. The van der Waals surface area contributed by atoms with E-state index in [-0.39, 0.29) is 18.0 Å². The second-order valence-corrected chi connectivity index (χ2v) is 17.9. The van der Waals surface area contributed by atoms with Crippen LogP contribution in [0, 0.1) is 0 Å². The zero-order valence-electron chi connectivity index (χ0n) is 20.0. The van der Waals surface area contributed by atoms with E-state index in [0.717, 1.165) is 0 Å². The van der Waals surface area contributed by atoms with E-state index in [0.29, 0.717) is 11.1 Å². The molecule has 0 aromatic heterocycles. The summed E-state index contributed by atoms with van der Waals surface area (Å²) in [4.78, 5) is 23.6. The van der Waals surface area contributed by atoms with Crippen LogP contribution in [0.3, 0.4) is 0 Å². The van der Waals surface area contributed by atoms with Crippen LogP contribution in [0.4, 0.5) is 0 Å². The molecule has 0 spiro atoms. The standard InChI is InChI=1S/C15H12O2.3C6H5.Pb/c16-14(12-7-3-1-4-8-12)11-15(17)13-9-5-2-6-10-13;3*1-2-4-6-5-3-1;/h1-10H,11H2;3*1-5H;. The minimum atomic E-state index is -2.17. The summed E-state index contributed by atoms with van der Waals surface area (Å²) in [7, 11) is 0. The second kappa shape index (κ2) is 13.5. The van der Waals surface area contributed by atoms with Gasteiger partial charge in [0.2, 0.25) is 0 Å². The molecule has 0 fully saturated rings. The molecule has 5 rings (SSSR count). The Kier molecular flexibility index (Phi) is 9.51. The van der Waals surface area contributed by atoms with Gasteiger partial charge in [0.25, 0.3) is 0 Å². The van der Waals surface area contributed by atoms with Gasteiger partial charge in [0.1, 0.15) is 0 Å². The fourth-order valence-corrected chi connectivity index (χ4v) is 13.9. The fraction of sp³-hybridized carbons (Fsp3) is 0.0303. The Labute approximate surface area is 221 Å². The molecule has 0 bridgehead atoms. The van der Waals surface area contributed by atoms with E-state index >= 15 is 0 Å². The molecule has 0 N–H and O–H groups in total. The third-order valence-electron chi connectivity index (χ3n) is 5.70. The van der Waals surface area contributed by atoms with Crippen LogP contribution in [0.1, 0.15) is 27.1 Å². The number of hydrogen-bond donors (Lipinski definition) is 0. The van der Waals surface area contributed by atoms with Crippen LogP contribution in [0.2, 0.25) is 0 Å². The molecule has 1 radical (unpaired) electrons. The van der Waals surface area contributed by atoms with Gasteiger partial charge in [-0.1, -0.05) is 60.7 Å². The predicted molar refractivity (Wildman–Crippen MR) is 150 cm³/mol. The van der Waals surface area contributed by atoms with Crippen LogP contribution in [-0.4, -0.2) is 34.3 Å². The number of rotatable bonds is 7. The summed E-state index contributed by atoms with van der Waals surface area (Å²) in [6, 6.07) is 50.8. The Bertz CT molecular complexity index is 1210. The van der Waals surface area contributed by atoms with Gasteiger partial charge in [-0.3, -0.25) is 9.59 Å². The molecule has 175 valence electrons. The fourth-order valence-electron chi connectivity index (χ4n) is 3.91. The topological polar surface area (TPSA) is 34.1 Å². The van der Waals surface area contributed by atoms with Crippen molar-refractivity contribution in [3.8, 4) is 0 Å². The van der Waals surface area contributed by atoms with Crippen LogP contribution >= 0.6 is 0 Å². The van der Waals surface area contributed by atoms with E-state index in [1.165, 1.54) is 0 Å². The van der Waals surface area contributed by atoms with Crippen molar-refractivity contribution in [1.82, 2.24) is 0 Å². The Balaban J connectivity index is 0.000000170. The summed E-state index contributed by atoms with van der Waals surface area (Å²) in [5.74, 6) is -0.279. The first kappa shape index (κ1) is 25.5. The van der Waals surface area contributed by atoms with E-state index in [9.17, 15) is 9.59 Å². The van der Waals surface area contributed by atoms with Gasteiger partial charge in [-0.15, -0.1) is 0 Å². The van der Waals surface area contributed by atoms with Crippen LogP contribution < -0.4 is 9.37 Å². The molecule has 36 heavy (non-hydrogen) atoms. The van der Waals surface area contributed by atoms with E-state index in [4.69, 9.17) is 0 Å². The summed E-state index contributed by atoms with van der Waals surface area (Å²) >= 11 is -2.17. The molecular formula is C33H27O2Pb. The molecular weight excluding hydrogens is 636 g/mol. The third kappa shape index (κ3) is 7.18. The number of hydrogen-bond acceptors (Lipinski definition) is 2. The van der Waals surface area contributed by atoms with Crippen molar-refractivity contribution >= 4 is 43.6 Å².